The second-order valence-electron chi connectivity index (χ2n) is 3.61. The topological polar surface area (TPSA) is 20.2 Å². The zero-order valence-corrected chi connectivity index (χ0v) is 7.73. The lowest BCUT2D eigenvalue weighted by molar-refractivity contribution is 0.279. The third kappa shape index (κ3) is 2.82. The number of aliphatic hydroxyl groups excluding tert-OH is 1. The maximum atomic E-state index is 9.43. The fourth-order valence-electron chi connectivity index (χ4n) is 0.739. The summed E-state index contributed by atoms with van der Waals surface area (Å²) in [7, 11) is -1.37. The van der Waals surface area contributed by atoms with Gasteiger partial charge in [-0.3, -0.25) is 0 Å². The smallest absolute Gasteiger partial charge is 0.0834 e. The Hall–Kier alpha value is -0.0831. The zero-order valence-electron chi connectivity index (χ0n) is 6.73. The first kappa shape index (κ1) is 8.92. The summed E-state index contributed by atoms with van der Waals surface area (Å²) in [4.78, 5) is 0. The van der Waals surface area contributed by atoms with Crippen LogP contribution in [0.5, 0.6) is 0 Å². The van der Waals surface area contributed by atoms with Gasteiger partial charge in [0.15, 0.2) is 0 Å². The van der Waals surface area contributed by atoms with Crippen molar-refractivity contribution in [3.05, 3.63) is 12.2 Å². The molecular formula is C7H16OSi. The molecule has 0 radical (unpaired) electrons. The first-order valence-electron chi connectivity index (χ1n) is 3.19. The van der Waals surface area contributed by atoms with Gasteiger partial charge in [0, 0.05) is 0 Å². The molecule has 0 bridgehead atoms. The van der Waals surface area contributed by atoms with Crippen molar-refractivity contribution in [1.82, 2.24) is 0 Å². The maximum absolute atomic E-state index is 9.43. The van der Waals surface area contributed by atoms with Gasteiger partial charge in [0.25, 0.3) is 0 Å². The maximum Gasteiger partial charge on any atom is 0.0834 e. The number of hydrogen-bond acceptors (Lipinski definition) is 1. The molecule has 0 aliphatic heterocycles. The molecule has 0 saturated carbocycles. The van der Waals surface area contributed by atoms with Crippen molar-refractivity contribution in [3.63, 3.8) is 0 Å². The second-order valence-corrected chi connectivity index (χ2v) is 8.89. The molecule has 1 N–H and O–H groups in total. The summed E-state index contributed by atoms with van der Waals surface area (Å²) in [5, 5.41) is 9.43. The molecule has 0 rings (SSSR count). The van der Waals surface area contributed by atoms with Crippen LogP contribution in [0, 0.1) is 0 Å². The average molecular weight is 144 g/mol. The summed E-state index contributed by atoms with van der Waals surface area (Å²) in [5.74, 6) is 0. The molecule has 1 atom stereocenters. The van der Waals surface area contributed by atoms with Gasteiger partial charge in [-0.2, -0.15) is 0 Å². The first-order chi connectivity index (χ1) is 3.85. The molecule has 2 heteroatoms. The van der Waals surface area contributed by atoms with Crippen LogP contribution >= 0.6 is 0 Å². The largest absolute Gasteiger partial charge is 0.392 e. The lowest BCUT2D eigenvalue weighted by Gasteiger charge is -2.23. The molecule has 0 aliphatic carbocycles. The Morgan fingerprint density at radius 1 is 1.44 bits per heavy atom. The molecule has 0 aromatic carbocycles. The summed E-state index contributed by atoms with van der Waals surface area (Å²) in [6, 6.07) is 0. The predicted molar refractivity (Wildman–Crippen MR) is 44.2 cm³/mol. The van der Waals surface area contributed by atoms with Crippen LogP contribution in [0.4, 0.5) is 0 Å². The summed E-state index contributed by atoms with van der Waals surface area (Å²) in [6.45, 7) is 12.0. The fourth-order valence-corrected chi connectivity index (χ4v) is 2.22. The zero-order chi connectivity index (χ0) is 7.65. The Kier molecular flexibility index (Phi) is 2.64. The van der Waals surface area contributed by atoms with Crippen molar-refractivity contribution in [3.8, 4) is 0 Å². The van der Waals surface area contributed by atoms with Crippen LogP contribution in [0.3, 0.4) is 0 Å². The van der Waals surface area contributed by atoms with E-state index in [0.29, 0.717) is 0 Å². The Balaban J connectivity index is 4.04. The minimum atomic E-state index is -1.37. The van der Waals surface area contributed by atoms with E-state index < -0.39 is 8.07 Å². The summed E-state index contributed by atoms with van der Waals surface area (Å²) >= 11 is 0. The Morgan fingerprint density at radius 3 is 1.78 bits per heavy atom. The van der Waals surface area contributed by atoms with Gasteiger partial charge in [-0.15, -0.1) is 0 Å². The quantitative estimate of drug-likeness (QED) is 0.463. The average Bonchev–Trinajstić information content (AvgIpc) is 1.62. The van der Waals surface area contributed by atoms with E-state index in [4.69, 9.17) is 0 Å². The Morgan fingerprint density at radius 2 is 1.78 bits per heavy atom. The van der Waals surface area contributed by atoms with Crippen molar-refractivity contribution >= 4 is 8.07 Å². The molecule has 0 heterocycles. The third-order valence-corrected chi connectivity index (χ3v) is 3.42. The molecule has 0 aromatic heterocycles. The fraction of sp³-hybridized carbons (Fsp3) is 0.714. The van der Waals surface area contributed by atoms with E-state index in [1.165, 1.54) is 0 Å². The van der Waals surface area contributed by atoms with Crippen molar-refractivity contribution < 1.29 is 5.11 Å². The molecule has 1 unspecified atom stereocenters. The summed E-state index contributed by atoms with van der Waals surface area (Å²) < 4.78 is 0. The van der Waals surface area contributed by atoms with Crippen LogP contribution in [0.25, 0.3) is 0 Å². The molecule has 0 aliphatic rings. The standard InChI is InChI=1S/C7H16OSi/c1-6(2)7(8)9(3,4)5/h7-8H,1H2,2-5H3. The minimum absolute atomic E-state index is 0.238. The highest BCUT2D eigenvalue weighted by atomic mass is 28.3. The number of rotatable bonds is 2. The van der Waals surface area contributed by atoms with E-state index in [9.17, 15) is 5.11 Å². The molecule has 54 valence electrons. The SMILES string of the molecule is C=C(C)C(O)[Si](C)(C)C. The van der Waals surface area contributed by atoms with Crippen molar-refractivity contribution in [2.24, 2.45) is 0 Å². The summed E-state index contributed by atoms with van der Waals surface area (Å²) in [5.41, 5.74) is 0.659. The van der Waals surface area contributed by atoms with Gasteiger partial charge < -0.3 is 5.11 Å². The van der Waals surface area contributed by atoms with E-state index >= 15 is 0 Å². The van der Waals surface area contributed by atoms with Crippen molar-refractivity contribution in [1.29, 1.82) is 0 Å². The van der Waals surface area contributed by atoms with Gasteiger partial charge in [-0.25, -0.2) is 0 Å². The molecule has 0 aromatic rings. The first-order valence-corrected chi connectivity index (χ1v) is 6.77. The van der Waals surface area contributed by atoms with Crippen LogP contribution in [0.2, 0.25) is 19.6 Å². The third-order valence-electron chi connectivity index (χ3n) is 1.29. The highest BCUT2D eigenvalue weighted by Gasteiger charge is 2.24. The highest BCUT2D eigenvalue weighted by Crippen LogP contribution is 2.12. The molecule has 0 spiro atoms. The van der Waals surface area contributed by atoms with Gasteiger partial charge in [0.1, 0.15) is 0 Å². The lowest BCUT2D eigenvalue weighted by Crippen LogP contribution is -2.38. The predicted octanol–water partition coefficient (Wildman–Crippen LogP) is 1.80. The van der Waals surface area contributed by atoms with Gasteiger partial charge >= 0.3 is 0 Å². The van der Waals surface area contributed by atoms with Gasteiger partial charge in [-0.1, -0.05) is 31.8 Å². The Bertz CT molecular complexity index is 113. The second kappa shape index (κ2) is 2.67. The van der Waals surface area contributed by atoms with Crippen molar-refractivity contribution in [2.75, 3.05) is 0 Å². The number of hydrogen-bond donors (Lipinski definition) is 1. The monoisotopic (exact) mass is 144 g/mol. The molecular weight excluding hydrogens is 128 g/mol. The van der Waals surface area contributed by atoms with E-state index in [-0.39, 0.29) is 5.73 Å². The van der Waals surface area contributed by atoms with Crippen LogP contribution in [0.1, 0.15) is 6.92 Å². The van der Waals surface area contributed by atoms with Gasteiger partial charge in [0.2, 0.25) is 0 Å². The normalized spacial score (nSPS) is 15.2. The molecule has 9 heavy (non-hydrogen) atoms. The number of aliphatic hydroxyl groups is 1. The van der Waals surface area contributed by atoms with E-state index in [1.54, 1.807) is 0 Å². The highest BCUT2D eigenvalue weighted by molar-refractivity contribution is 6.77. The minimum Gasteiger partial charge on any atom is -0.392 e. The van der Waals surface area contributed by atoms with Crippen LogP contribution < -0.4 is 0 Å². The van der Waals surface area contributed by atoms with E-state index in [2.05, 4.69) is 26.2 Å². The molecule has 0 saturated heterocycles. The van der Waals surface area contributed by atoms with Crippen LogP contribution in [-0.4, -0.2) is 18.9 Å². The molecule has 0 amide bonds. The van der Waals surface area contributed by atoms with Crippen molar-refractivity contribution in [2.45, 2.75) is 32.3 Å². The molecule has 1 nitrogen and oxygen atoms in total. The summed E-state index contributed by atoms with van der Waals surface area (Å²) in [6.07, 6.45) is 0. The Labute approximate surface area is 58.4 Å². The van der Waals surface area contributed by atoms with Crippen LogP contribution in [0.15, 0.2) is 12.2 Å². The van der Waals surface area contributed by atoms with E-state index in [0.717, 1.165) is 5.57 Å². The van der Waals surface area contributed by atoms with Gasteiger partial charge in [0.05, 0.1) is 13.8 Å². The van der Waals surface area contributed by atoms with E-state index in [1.807, 2.05) is 6.92 Å². The molecule has 0 fully saturated rings. The van der Waals surface area contributed by atoms with Gasteiger partial charge in [-0.05, 0) is 6.92 Å². The van der Waals surface area contributed by atoms with Crippen LogP contribution in [-0.2, 0) is 0 Å². The lowest BCUT2D eigenvalue weighted by atomic mass is 10.4.